The number of H-pyrrole nitrogens is 1. The molecular formula is C21H19N3O2. The Morgan fingerprint density at radius 2 is 1.77 bits per heavy atom. The van der Waals surface area contributed by atoms with Crippen LogP contribution in [-0.4, -0.2) is 23.3 Å². The normalized spacial score (nSPS) is 11.2. The Kier molecular flexibility index (Phi) is 5.29. The summed E-state index contributed by atoms with van der Waals surface area (Å²) in [5, 5.41) is 6.37. The van der Waals surface area contributed by atoms with Crippen LogP contribution in [0.15, 0.2) is 79.1 Å². The molecule has 0 unspecified atom stereocenters. The van der Waals surface area contributed by atoms with Gasteiger partial charge in [0.25, 0.3) is 11.8 Å². The number of carbonyl (C=O) groups excluding carboxylic acids is 2. The van der Waals surface area contributed by atoms with E-state index in [0.29, 0.717) is 12.1 Å². The molecule has 3 aromatic rings. The molecule has 5 heteroatoms. The Morgan fingerprint density at radius 3 is 2.54 bits per heavy atom. The summed E-state index contributed by atoms with van der Waals surface area (Å²) >= 11 is 0. The maximum absolute atomic E-state index is 12.5. The topological polar surface area (TPSA) is 74.0 Å². The van der Waals surface area contributed by atoms with Crippen LogP contribution in [0.4, 0.5) is 0 Å². The van der Waals surface area contributed by atoms with Gasteiger partial charge in [-0.15, -0.1) is 6.58 Å². The van der Waals surface area contributed by atoms with Crippen molar-refractivity contribution in [2.45, 2.75) is 0 Å². The van der Waals surface area contributed by atoms with Crippen molar-refractivity contribution in [3.05, 3.63) is 90.3 Å². The van der Waals surface area contributed by atoms with Crippen LogP contribution in [0.25, 0.3) is 17.0 Å². The predicted octanol–water partition coefficient (Wildman–Crippen LogP) is 3.24. The summed E-state index contributed by atoms with van der Waals surface area (Å²) in [7, 11) is 0. The molecule has 0 saturated carbocycles. The van der Waals surface area contributed by atoms with Crippen molar-refractivity contribution < 1.29 is 9.59 Å². The smallest absolute Gasteiger partial charge is 0.268 e. The molecule has 0 spiro atoms. The van der Waals surface area contributed by atoms with Crippen LogP contribution in [0.1, 0.15) is 15.9 Å². The Balaban J connectivity index is 1.93. The SMILES string of the molecule is C=CCNC(=O)C(=Cc1c[nH]c2ccccc12)NC(=O)c1ccccc1. The first-order valence-corrected chi connectivity index (χ1v) is 8.22. The molecule has 0 aliphatic rings. The number of fused-ring (bicyclic) bond motifs is 1. The second kappa shape index (κ2) is 7.98. The molecule has 0 fully saturated rings. The van der Waals surface area contributed by atoms with Gasteiger partial charge < -0.3 is 15.6 Å². The van der Waals surface area contributed by atoms with Crippen molar-refractivity contribution >= 4 is 28.8 Å². The number of hydrogen-bond donors (Lipinski definition) is 3. The minimum absolute atomic E-state index is 0.172. The highest BCUT2D eigenvalue weighted by Crippen LogP contribution is 2.20. The number of hydrogen-bond acceptors (Lipinski definition) is 2. The summed E-state index contributed by atoms with van der Waals surface area (Å²) in [6.07, 6.45) is 5.05. The molecule has 26 heavy (non-hydrogen) atoms. The van der Waals surface area contributed by atoms with E-state index in [0.717, 1.165) is 16.5 Å². The van der Waals surface area contributed by atoms with Gasteiger partial charge in [-0.1, -0.05) is 42.5 Å². The Morgan fingerprint density at radius 1 is 1.04 bits per heavy atom. The van der Waals surface area contributed by atoms with Crippen LogP contribution >= 0.6 is 0 Å². The molecule has 3 rings (SSSR count). The Labute approximate surface area is 151 Å². The van der Waals surface area contributed by atoms with Gasteiger partial charge in [0.1, 0.15) is 5.70 Å². The van der Waals surface area contributed by atoms with E-state index in [2.05, 4.69) is 22.2 Å². The minimum Gasteiger partial charge on any atom is -0.361 e. The molecule has 5 nitrogen and oxygen atoms in total. The number of aromatic amines is 1. The van der Waals surface area contributed by atoms with Crippen LogP contribution in [0.2, 0.25) is 0 Å². The van der Waals surface area contributed by atoms with E-state index < -0.39 is 0 Å². The predicted molar refractivity (Wildman–Crippen MR) is 103 cm³/mol. The maximum atomic E-state index is 12.5. The summed E-state index contributed by atoms with van der Waals surface area (Å²) in [6, 6.07) is 16.5. The number of nitrogens with one attached hydrogen (secondary N) is 3. The monoisotopic (exact) mass is 345 g/mol. The lowest BCUT2D eigenvalue weighted by Gasteiger charge is -2.10. The number of carbonyl (C=O) groups is 2. The Hall–Kier alpha value is -3.60. The van der Waals surface area contributed by atoms with Gasteiger partial charge in [0, 0.05) is 34.8 Å². The number of para-hydroxylation sites is 1. The average molecular weight is 345 g/mol. The second-order valence-electron chi connectivity index (χ2n) is 5.67. The zero-order chi connectivity index (χ0) is 18.4. The zero-order valence-electron chi connectivity index (χ0n) is 14.2. The van der Waals surface area contributed by atoms with Crippen molar-refractivity contribution in [3.63, 3.8) is 0 Å². The third-order valence-electron chi connectivity index (χ3n) is 3.86. The summed E-state index contributed by atoms with van der Waals surface area (Å²) in [6.45, 7) is 3.90. The molecule has 1 aromatic heterocycles. The molecular weight excluding hydrogens is 326 g/mol. The molecule has 0 saturated heterocycles. The van der Waals surface area contributed by atoms with E-state index in [4.69, 9.17) is 0 Å². The lowest BCUT2D eigenvalue weighted by molar-refractivity contribution is -0.117. The van der Waals surface area contributed by atoms with Crippen LogP contribution in [0, 0.1) is 0 Å². The molecule has 0 atom stereocenters. The first-order chi connectivity index (χ1) is 12.7. The average Bonchev–Trinajstić information content (AvgIpc) is 3.09. The van der Waals surface area contributed by atoms with Crippen LogP contribution in [0.3, 0.4) is 0 Å². The summed E-state index contributed by atoms with van der Waals surface area (Å²) in [5.41, 5.74) is 2.43. The second-order valence-corrected chi connectivity index (χ2v) is 5.67. The van der Waals surface area contributed by atoms with Gasteiger partial charge in [-0.3, -0.25) is 9.59 Å². The summed E-state index contributed by atoms with van der Waals surface area (Å²) in [4.78, 5) is 28.1. The standard InChI is InChI=1S/C21H19N3O2/c1-2-12-22-21(26)19(24-20(25)15-8-4-3-5-9-15)13-16-14-23-18-11-7-6-10-17(16)18/h2-11,13-14,23H,1,12H2,(H,22,26)(H,24,25). The quantitative estimate of drug-likeness (QED) is 0.474. The molecule has 0 bridgehead atoms. The summed E-state index contributed by atoms with van der Waals surface area (Å²) < 4.78 is 0. The first-order valence-electron chi connectivity index (χ1n) is 8.22. The van der Waals surface area contributed by atoms with Gasteiger partial charge in [0.05, 0.1) is 0 Å². The highest BCUT2D eigenvalue weighted by atomic mass is 16.2. The number of aromatic nitrogens is 1. The lowest BCUT2D eigenvalue weighted by Crippen LogP contribution is -2.34. The minimum atomic E-state index is -0.375. The molecule has 2 aromatic carbocycles. The molecule has 0 aliphatic carbocycles. The molecule has 3 N–H and O–H groups in total. The lowest BCUT2D eigenvalue weighted by atomic mass is 10.1. The van der Waals surface area contributed by atoms with Crippen molar-refractivity contribution in [2.24, 2.45) is 0 Å². The largest absolute Gasteiger partial charge is 0.361 e. The molecule has 130 valence electrons. The highest BCUT2D eigenvalue weighted by Gasteiger charge is 2.15. The van der Waals surface area contributed by atoms with Gasteiger partial charge in [-0.2, -0.15) is 0 Å². The highest BCUT2D eigenvalue weighted by molar-refractivity contribution is 6.06. The van der Waals surface area contributed by atoms with Crippen molar-refractivity contribution in [2.75, 3.05) is 6.54 Å². The number of amides is 2. The van der Waals surface area contributed by atoms with E-state index in [1.165, 1.54) is 0 Å². The van der Waals surface area contributed by atoms with Crippen LogP contribution in [0.5, 0.6) is 0 Å². The fourth-order valence-electron chi connectivity index (χ4n) is 2.57. The van der Waals surface area contributed by atoms with E-state index in [9.17, 15) is 9.59 Å². The summed E-state index contributed by atoms with van der Waals surface area (Å²) in [5.74, 6) is -0.718. The maximum Gasteiger partial charge on any atom is 0.268 e. The van der Waals surface area contributed by atoms with Crippen molar-refractivity contribution in [3.8, 4) is 0 Å². The van der Waals surface area contributed by atoms with E-state index in [-0.39, 0.29) is 17.5 Å². The molecule has 2 amide bonds. The Bertz CT molecular complexity index is 971. The third-order valence-corrected chi connectivity index (χ3v) is 3.86. The number of benzene rings is 2. The van der Waals surface area contributed by atoms with Gasteiger partial charge in [-0.05, 0) is 24.3 Å². The molecule has 1 heterocycles. The van der Waals surface area contributed by atoms with Gasteiger partial charge in [0.15, 0.2) is 0 Å². The molecule has 0 radical (unpaired) electrons. The third kappa shape index (κ3) is 3.89. The first kappa shape index (κ1) is 17.2. The van der Waals surface area contributed by atoms with Gasteiger partial charge in [0.2, 0.25) is 0 Å². The van der Waals surface area contributed by atoms with E-state index >= 15 is 0 Å². The fourth-order valence-corrected chi connectivity index (χ4v) is 2.57. The molecule has 0 aliphatic heterocycles. The van der Waals surface area contributed by atoms with Crippen molar-refractivity contribution in [1.29, 1.82) is 0 Å². The van der Waals surface area contributed by atoms with E-state index in [1.807, 2.05) is 30.3 Å². The van der Waals surface area contributed by atoms with Gasteiger partial charge in [-0.25, -0.2) is 0 Å². The zero-order valence-corrected chi connectivity index (χ0v) is 14.2. The van der Waals surface area contributed by atoms with Crippen LogP contribution < -0.4 is 10.6 Å². The fraction of sp³-hybridized carbons (Fsp3) is 0.0476. The number of rotatable bonds is 6. The van der Waals surface area contributed by atoms with Gasteiger partial charge >= 0.3 is 0 Å². The van der Waals surface area contributed by atoms with Crippen molar-refractivity contribution in [1.82, 2.24) is 15.6 Å². The van der Waals surface area contributed by atoms with Crippen LogP contribution in [-0.2, 0) is 4.79 Å². The van der Waals surface area contributed by atoms with E-state index in [1.54, 1.807) is 42.6 Å².